The number of esters is 1. The summed E-state index contributed by atoms with van der Waals surface area (Å²) in [5.74, 6) is -1.26. The minimum absolute atomic E-state index is 0.117. The number of carbonyl (C=O) groups is 3. The van der Waals surface area contributed by atoms with E-state index in [2.05, 4.69) is 10.2 Å². The molecule has 30 heavy (non-hydrogen) atoms. The van der Waals surface area contributed by atoms with Crippen LogP contribution in [-0.2, 0) is 23.9 Å². The predicted octanol–water partition coefficient (Wildman–Crippen LogP) is 1.82. The lowest BCUT2D eigenvalue weighted by Gasteiger charge is -2.28. The summed E-state index contributed by atoms with van der Waals surface area (Å²) in [5, 5.41) is 2.78. The summed E-state index contributed by atoms with van der Waals surface area (Å²) in [5.41, 5.74) is 1.74. The van der Waals surface area contributed by atoms with Gasteiger partial charge in [0.15, 0.2) is 6.61 Å². The number of hydrogen-bond acceptors (Lipinski definition) is 6. The number of benzene rings is 1. The van der Waals surface area contributed by atoms with Crippen molar-refractivity contribution in [2.24, 2.45) is 5.92 Å². The standard InChI is InChI=1S/C22H29N3O5/c1-24(21(27)16-30-22(28)17-5-3-2-4-6-17)15-20(26)23-18-7-9-19(10-8-18)25-11-13-29-14-12-25/h2-3,7-10,17H,4-6,11-16H2,1H3,(H,23,26)/t17-/m0/s1. The number of allylic oxidation sites excluding steroid dienone is 2. The fourth-order valence-electron chi connectivity index (χ4n) is 3.45. The van der Waals surface area contributed by atoms with E-state index in [0.717, 1.165) is 31.6 Å². The van der Waals surface area contributed by atoms with E-state index in [9.17, 15) is 14.4 Å². The molecule has 0 radical (unpaired) electrons. The molecular formula is C22H29N3O5. The summed E-state index contributed by atoms with van der Waals surface area (Å²) < 4.78 is 10.5. The Morgan fingerprint density at radius 2 is 1.90 bits per heavy atom. The second-order valence-corrected chi connectivity index (χ2v) is 7.53. The maximum atomic E-state index is 12.3. The topological polar surface area (TPSA) is 88.2 Å². The first-order valence-electron chi connectivity index (χ1n) is 10.3. The van der Waals surface area contributed by atoms with Gasteiger partial charge in [-0.2, -0.15) is 0 Å². The van der Waals surface area contributed by atoms with Crippen molar-refractivity contribution in [3.8, 4) is 0 Å². The molecule has 8 nitrogen and oxygen atoms in total. The van der Waals surface area contributed by atoms with Crippen molar-refractivity contribution in [1.29, 1.82) is 0 Å². The van der Waals surface area contributed by atoms with Crippen molar-refractivity contribution in [2.45, 2.75) is 19.3 Å². The summed E-state index contributed by atoms with van der Waals surface area (Å²) >= 11 is 0. The molecule has 1 atom stereocenters. The minimum atomic E-state index is -0.410. The molecule has 1 aliphatic heterocycles. The molecular weight excluding hydrogens is 386 g/mol. The molecule has 8 heteroatoms. The molecule has 1 fully saturated rings. The van der Waals surface area contributed by atoms with Crippen molar-refractivity contribution in [2.75, 3.05) is 56.7 Å². The third-order valence-corrected chi connectivity index (χ3v) is 5.27. The number of likely N-dealkylation sites (N-methyl/N-ethyl adjacent to an activating group) is 1. The van der Waals surface area contributed by atoms with Crippen LogP contribution in [0.15, 0.2) is 36.4 Å². The number of anilines is 2. The number of ether oxygens (including phenoxy) is 2. The van der Waals surface area contributed by atoms with E-state index in [0.29, 0.717) is 25.3 Å². The molecule has 0 bridgehead atoms. The monoisotopic (exact) mass is 415 g/mol. The first-order chi connectivity index (χ1) is 14.5. The van der Waals surface area contributed by atoms with Crippen LogP contribution in [0.2, 0.25) is 0 Å². The van der Waals surface area contributed by atoms with Crippen LogP contribution in [-0.4, -0.2) is 69.2 Å². The lowest BCUT2D eigenvalue weighted by atomic mass is 9.95. The molecule has 2 aliphatic rings. The first-order valence-corrected chi connectivity index (χ1v) is 10.3. The highest BCUT2D eigenvalue weighted by Crippen LogP contribution is 2.20. The SMILES string of the molecule is CN(CC(=O)Nc1ccc(N2CCOCC2)cc1)C(=O)COC(=O)[C@H]1CC=CCC1. The Hall–Kier alpha value is -2.87. The van der Waals surface area contributed by atoms with Gasteiger partial charge >= 0.3 is 5.97 Å². The van der Waals surface area contributed by atoms with Gasteiger partial charge in [-0.1, -0.05) is 12.2 Å². The Balaban J connectivity index is 1.40. The molecule has 1 aromatic carbocycles. The zero-order valence-electron chi connectivity index (χ0n) is 17.3. The van der Waals surface area contributed by atoms with Gasteiger partial charge < -0.3 is 24.6 Å². The number of morpholine rings is 1. The zero-order valence-corrected chi connectivity index (χ0v) is 17.3. The van der Waals surface area contributed by atoms with E-state index in [1.54, 1.807) is 0 Å². The van der Waals surface area contributed by atoms with Gasteiger partial charge in [0.25, 0.3) is 5.91 Å². The Kier molecular flexibility index (Phi) is 7.84. The average molecular weight is 415 g/mol. The highest BCUT2D eigenvalue weighted by molar-refractivity contribution is 5.95. The lowest BCUT2D eigenvalue weighted by Crippen LogP contribution is -2.38. The van der Waals surface area contributed by atoms with E-state index < -0.39 is 5.91 Å². The van der Waals surface area contributed by atoms with Gasteiger partial charge in [0.05, 0.1) is 25.7 Å². The molecule has 0 spiro atoms. The second kappa shape index (κ2) is 10.8. The number of rotatable bonds is 7. The fraction of sp³-hybridized carbons (Fsp3) is 0.500. The molecule has 1 aliphatic carbocycles. The molecule has 1 N–H and O–H groups in total. The van der Waals surface area contributed by atoms with Gasteiger partial charge in [0, 0.05) is 31.5 Å². The quantitative estimate of drug-likeness (QED) is 0.540. The van der Waals surface area contributed by atoms with Gasteiger partial charge in [-0.25, -0.2) is 0 Å². The number of amides is 2. The first kappa shape index (κ1) is 21.8. The lowest BCUT2D eigenvalue weighted by molar-refractivity contribution is -0.155. The maximum absolute atomic E-state index is 12.3. The summed E-state index contributed by atoms with van der Waals surface area (Å²) in [7, 11) is 1.51. The third-order valence-electron chi connectivity index (χ3n) is 5.27. The minimum Gasteiger partial charge on any atom is -0.455 e. The third kappa shape index (κ3) is 6.32. The van der Waals surface area contributed by atoms with Gasteiger partial charge in [-0.05, 0) is 43.5 Å². The van der Waals surface area contributed by atoms with Crippen LogP contribution in [0.5, 0.6) is 0 Å². The Bertz CT molecular complexity index is 771. The predicted molar refractivity (Wildman–Crippen MR) is 113 cm³/mol. The van der Waals surface area contributed by atoms with Gasteiger partial charge in [-0.3, -0.25) is 14.4 Å². The van der Waals surface area contributed by atoms with E-state index in [4.69, 9.17) is 9.47 Å². The van der Waals surface area contributed by atoms with Gasteiger partial charge in [-0.15, -0.1) is 0 Å². The van der Waals surface area contributed by atoms with E-state index in [1.807, 2.05) is 36.4 Å². The Labute approximate surface area is 176 Å². The van der Waals surface area contributed by atoms with Crippen molar-refractivity contribution >= 4 is 29.2 Å². The van der Waals surface area contributed by atoms with Crippen molar-refractivity contribution in [3.05, 3.63) is 36.4 Å². The molecule has 0 saturated carbocycles. The highest BCUT2D eigenvalue weighted by Gasteiger charge is 2.22. The number of nitrogens with zero attached hydrogens (tertiary/aromatic N) is 2. The van der Waals surface area contributed by atoms with Crippen LogP contribution in [0.1, 0.15) is 19.3 Å². The average Bonchev–Trinajstić information content (AvgIpc) is 2.78. The number of hydrogen-bond donors (Lipinski definition) is 1. The van der Waals surface area contributed by atoms with Crippen molar-refractivity contribution in [1.82, 2.24) is 4.90 Å². The molecule has 1 heterocycles. The summed E-state index contributed by atoms with van der Waals surface area (Å²) in [6.07, 6.45) is 6.24. The van der Waals surface area contributed by atoms with Crippen LogP contribution in [0, 0.1) is 5.92 Å². The Morgan fingerprint density at radius 1 is 1.17 bits per heavy atom. The van der Waals surface area contributed by atoms with E-state index in [1.165, 1.54) is 11.9 Å². The summed E-state index contributed by atoms with van der Waals surface area (Å²) in [6, 6.07) is 7.58. The molecule has 0 unspecified atom stereocenters. The molecule has 2 amide bonds. The van der Waals surface area contributed by atoms with Crippen LogP contribution in [0.3, 0.4) is 0 Å². The Morgan fingerprint density at radius 3 is 2.57 bits per heavy atom. The molecule has 0 aromatic heterocycles. The zero-order chi connectivity index (χ0) is 21.3. The van der Waals surface area contributed by atoms with E-state index in [-0.39, 0.29) is 30.9 Å². The molecule has 1 aromatic rings. The highest BCUT2D eigenvalue weighted by atomic mass is 16.5. The molecule has 3 rings (SSSR count). The van der Waals surface area contributed by atoms with Crippen LogP contribution in [0.25, 0.3) is 0 Å². The molecule has 1 saturated heterocycles. The smallest absolute Gasteiger partial charge is 0.309 e. The normalized spacial score (nSPS) is 18.6. The maximum Gasteiger partial charge on any atom is 0.309 e. The molecule has 162 valence electrons. The second-order valence-electron chi connectivity index (χ2n) is 7.53. The van der Waals surface area contributed by atoms with E-state index >= 15 is 0 Å². The van der Waals surface area contributed by atoms with Gasteiger partial charge in [0.1, 0.15) is 0 Å². The van der Waals surface area contributed by atoms with Gasteiger partial charge in [0.2, 0.25) is 5.91 Å². The number of carbonyl (C=O) groups excluding carboxylic acids is 3. The number of nitrogens with one attached hydrogen (secondary N) is 1. The summed E-state index contributed by atoms with van der Waals surface area (Å²) in [4.78, 5) is 39.9. The van der Waals surface area contributed by atoms with Crippen LogP contribution in [0.4, 0.5) is 11.4 Å². The summed E-state index contributed by atoms with van der Waals surface area (Å²) in [6.45, 7) is 2.66. The van der Waals surface area contributed by atoms with Crippen LogP contribution < -0.4 is 10.2 Å². The fourth-order valence-corrected chi connectivity index (χ4v) is 3.45. The van der Waals surface area contributed by atoms with Crippen molar-refractivity contribution in [3.63, 3.8) is 0 Å². The van der Waals surface area contributed by atoms with Crippen molar-refractivity contribution < 1.29 is 23.9 Å². The largest absolute Gasteiger partial charge is 0.455 e. The van der Waals surface area contributed by atoms with Crippen LogP contribution >= 0.6 is 0 Å².